The topological polar surface area (TPSA) is 109 Å². The first kappa shape index (κ1) is 14.2. The summed E-state index contributed by atoms with van der Waals surface area (Å²) in [5.41, 5.74) is 6.99. The van der Waals surface area contributed by atoms with E-state index in [0.717, 1.165) is 5.56 Å². The summed E-state index contributed by atoms with van der Waals surface area (Å²) in [5.74, 6) is 0.707. The highest BCUT2D eigenvalue weighted by Gasteiger charge is 2.08. The Hall–Kier alpha value is -2.22. The van der Waals surface area contributed by atoms with Gasteiger partial charge in [0.15, 0.2) is 11.0 Å². The van der Waals surface area contributed by atoms with Gasteiger partial charge in [-0.25, -0.2) is 9.89 Å². The molecule has 0 radical (unpaired) electrons. The molecule has 0 spiro atoms. The predicted molar refractivity (Wildman–Crippen MR) is 77.0 cm³/mol. The highest BCUT2D eigenvalue weighted by atomic mass is 32.2. The quantitative estimate of drug-likeness (QED) is 0.250. The SMILES string of the molecule is CCn1c(SCc2cccc(C(N)=NO)c2)n[nH]c1=O. The minimum absolute atomic E-state index is 0.0714. The van der Waals surface area contributed by atoms with E-state index >= 15 is 0 Å². The highest BCUT2D eigenvalue weighted by molar-refractivity contribution is 7.98. The van der Waals surface area contributed by atoms with E-state index < -0.39 is 0 Å². The Labute approximate surface area is 119 Å². The monoisotopic (exact) mass is 293 g/mol. The van der Waals surface area contributed by atoms with Crippen molar-refractivity contribution >= 4 is 17.6 Å². The van der Waals surface area contributed by atoms with Crippen LogP contribution in [0.15, 0.2) is 39.4 Å². The molecule has 0 bridgehead atoms. The third-order valence-electron chi connectivity index (χ3n) is 2.74. The number of hydrogen-bond donors (Lipinski definition) is 3. The van der Waals surface area contributed by atoms with Gasteiger partial charge in [0.2, 0.25) is 0 Å². The smallest absolute Gasteiger partial charge is 0.343 e. The lowest BCUT2D eigenvalue weighted by molar-refractivity contribution is 0.318. The van der Waals surface area contributed by atoms with Gasteiger partial charge in [0.05, 0.1) is 0 Å². The molecule has 0 amide bonds. The van der Waals surface area contributed by atoms with Crippen LogP contribution in [0.3, 0.4) is 0 Å². The Kier molecular flexibility index (Phi) is 4.46. The molecule has 7 nitrogen and oxygen atoms in total. The summed E-state index contributed by atoms with van der Waals surface area (Å²) < 4.78 is 1.57. The summed E-state index contributed by atoms with van der Waals surface area (Å²) in [6.07, 6.45) is 0. The zero-order chi connectivity index (χ0) is 14.5. The van der Waals surface area contributed by atoms with E-state index in [1.165, 1.54) is 11.8 Å². The Balaban J connectivity index is 2.13. The maximum absolute atomic E-state index is 11.4. The van der Waals surface area contributed by atoms with Gasteiger partial charge >= 0.3 is 5.69 Å². The molecule has 1 aromatic heterocycles. The van der Waals surface area contributed by atoms with Crippen LogP contribution in [0.1, 0.15) is 18.1 Å². The molecule has 8 heteroatoms. The third kappa shape index (κ3) is 3.02. The average Bonchev–Trinajstić information content (AvgIpc) is 2.84. The summed E-state index contributed by atoms with van der Waals surface area (Å²) in [7, 11) is 0. The minimum atomic E-state index is -0.208. The molecule has 0 atom stereocenters. The molecule has 0 saturated carbocycles. The third-order valence-corrected chi connectivity index (χ3v) is 3.79. The predicted octanol–water partition coefficient (Wildman–Crippen LogP) is 0.978. The van der Waals surface area contributed by atoms with Crippen LogP contribution in [0.25, 0.3) is 0 Å². The van der Waals surface area contributed by atoms with Crippen molar-refractivity contribution in [1.29, 1.82) is 0 Å². The van der Waals surface area contributed by atoms with Crippen molar-refractivity contribution in [1.82, 2.24) is 14.8 Å². The fourth-order valence-electron chi connectivity index (χ4n) is 1.72. The van der Waals surface area contributed by atoms with Crippen LogP contribution >= 0.6 is 11.8 Å². The van der Waals surface area contributed by atoms with E-state index in [0.29, 0.717) is 23.0 Å². The number of H-pyrrole nitrogens is 1. The molecule has 0 fully saturated rings. The van der Waals surface area contributed by atoms with Crippen LogP contribution in [0.2, 0.25) is 0 Å². The Bertz CT molecular complexity index is 676. The number of nitrogens with one attached hydrogen (secondary N) is 1. The summed E-state index contributed by atoms with van der Waals surface area (Å²) in [4.78, 5) is 11.4. The molecule has 0 aliphatic carbocycles. The van der Waals surface area contributed by atoms with Crippen molar-refractivity contribution in [2.24, 2.45) is 10.9 Å². The van der Waals surface area contributed by atoms with Gasteiger partial charge in [0.25, 0.3) is 0 Å². The van der Waals surface area contributed by atoms with E-state index in [9.17, 15) is 4.79 Å². The second-order valence-electron chi connectivity index (χ2n) is 4.03. The summed E-state index contributed by atoms with van der Waals surface area (Å²) in [5, 5.41) is 18.7. The first-order valence-corrected chi connectivity index (χ1v) is 6.99. The molecule has 0 saturated heterocycles. The number of rotatable bonds is 5. The van der Waals surface area contributed by atoms with Gasteiger partial charge < -0.3 is 10.9 Å². The molecule has 1 heterocycles. The largest absolute Gasteiger partial charge is 0.409 e. The lowest BCUT2D eigenvalue weighted by Gasteiger charge is -2.04. The standard InChI is InChI=1S/C12H15N5O2S/c1-2-17-11(18)14-15-12(17)20-7-8-4-3-5-9(6-8)10(13)16-19/h3-6,19H,2,7H2,1H3,(H2,13,16)(H,14,18). The zero-order valence-electron chi connectivity index (χ0n) is 10.9. The van der Waals surface area contributed by atoms with Gasteiger partial charge in [-0.05, 0) is 18.6 Å². The first-order chi connectivity index (χ1) is 9.65. The van der Waals surface area contributed by atoms with Crippen LogP contribution in [0, 0.1) is 0 Å². The maximum atomic E-state index is 11.4. The van der Waals surface area contributed by atoms with Crippen LogP contribution < -0.4 is 11.4 Å². The van der Waals surface area contributed by atoms with Crippen molar-refractivity contribution in [3.05, 3.63) is 45.9 Å². The number of aromatic amines is 1. The van der Waals surface area contributed by atoms with Gasteiger partial charge in [-0.1, -0.05) is 35.1 Å². The van der Waals surface area contributed by atoms with E-state index in [-0.39, 0.29) is 11.5 Å². The Morgan fingerprint density at radius 2 is 2.40 bits per heavy atom. The molecular formula is C12H15N5O2S. The number of nitrogens with zero attached hydrogens (tertiary/aromatic N) is 3. The first-order valence-electron chi connectivity index (χ1n) is 6.00. The van der Waals surface area contributed by atoms with Crippen molar-refractivity contribution in [2.45, 2.75) is 24.4 Å². The second-order valence-corrected chi connectivity index (χ2v) is 4.97. The summed E-state index contributed by atoms with van der Waals surface area (Å²) in [6.45, 7) is 2.46. The Morgan fingerprint density at radius 3 is 3.10 bits per heavy atom. The van der Waals surface area contributed by atoms with Crippen LogP contribution in [-0.2, 0) is 12.3 Å². The van der Waals surface area contributed by atoms with Crippen LogP contribution in [-0.4, -0.2) is 25.8 Å². The number of amidine groups is 1. The van der Waals surface area contributed by atoms with E-state index in [4.69, 9.17) is 10.9 Å². The van der Waals surface area contributed by atoms with Crippen LogP contribution in [0.5, 0.6) is 0 Å². The fraction of sp³-hybridized carbons (Fsp3) is 0.250. The van der Waals surface area contributed by atoms with Crippen molar-refractivity contribution in [2.75, 3.05) is 0 Å². The van der Waals surface area contributed by atoms with E-state index in [2.05, 4.69) is 15.4 Å². The molecule has 0 aliphatic rings. The van der Waals surface area contributed by atoms with Gasteiger partial charge in [-0.15, -0.1) is 5.10 Å². The number of benzene rings is 1. The molecular weight excluding hydrogens is 278 g/mol. The van der Waals surface area contributed by atoms with Gasteiger partial charge in [-0.2, -0.15) is 0 Å². The number of oxime groups is 1. The van der Waals surface area contributed by atoms with Crippen LogP contribution in [0.4, 0.5) is 0 Å². The molecule has 4 N–H and O–H groups in total. The molecule has 0 unspecified atom stereocenters. The normalized spacial score (nSPS) is 11.8. The number of thioether (sulfide) groups is 1. The Morgan fingerprint density at radius 1 is 1.60 bits per heavy atom. The number of hydrogen-bond acceptors (Lipinski definition) is 5. The fourth-order valence-corrected chi connectivity index (χ4v) is 2.67. The molecule has 1 aromatic carbocycles. The van der Waals surface area contributed by atoms with Crippen molar-refractivity contribution in [3.63, 3.8) is 0 Å². The molecule has 0 aliphatic heterocycles. The number of nitrogens with two attached hydrogens (primary N) is 1. The molecule has 2 aromatic rings. The minimum Gasteiger partial charge on any atom is -0.409 e. The lowest BCUT2D eigenvalue weighted by atomic mass is 10.1. The summed E-state index contributed by atoms with van der Waals surface area (Å²) in [6, 6.07) is 7.37. The lowest BCUT2D eigenvalue weighted by Crippen LogP contribution is -2.16. The molecule has 20 heavy (non-hydrogen) atoms. The summed E-state index contributed by atoms with van der Waals surface area (Å²) >= 11 is 1.45. The van der Waals surface area contributed by atoms with Crippen molar-refractivity contribution in [3.8, 4) is 0 Å². The average molecular weight is 293 g/mol. The molecule has 106 valence electrons. The second kappa shape index (κ2) is 6.29. The van der Waals surface area contributed by atoms with E-state index in [1.807, 2.05) is 25.1 Å². The number of aromatic nitrogens is 3. The van der Waals surface area contributed by atoms with E-state index in [1.54, 1.807) is 10.6 Å². The highest BCUT2D eigenvalue weighted by Crippen LogP contribution is 2.20. The zero-order valence-corrected chi connectivity index (χ0v) is 11.7. The van der Waals surface area contributed by atoms with Crippen molar-refractivity contribution < 1.29 is 5.21 Å². The van der Waals surface area contributed by atoms with Gasteiger partial charge in [-0.3, -0.25) is 4.57 Å². The molecule has 2 rings (SSSR count). The van der Waals surface area contributed by atoms with Gasteiger partial charge in [0.1, 0.15) is 0 Å². The van der Waals surface area contributed by atoms with Gasteiger partial charge in [0, 0.05) is 17.9 Å². The maximum Gasteiger partial charge on any atom is 0.343 e.